The molecule has 0 aliphatic rings. The number of rotatable bonds is 8. The lowest BCUT2D eigenvalue weighted by Gasteiger charge is -2.18. The molecule has 0 amide bonds. The van der Waals surface area contributed by atoms with E-state index in [1.807, 2.05) is 34.6 Å². The Hall–Kier alpha value is -0.740. The highest BCUT2D eigenvalue weighted by atomic mass is 16.1. The monoisotopic (exact) mass is 314 g/mol. The second kappa shape index (κ2) is 11.8. The van der Waals surface area contributed by atoms with E-state index in [0.29, 0.717) is 11.8 Å². The van der Waals surface area contributed by atoms with Crippen molar-refractivity contribution in [3.8, 4) is 0 Å². The minimum absolute atomic E-state index is 0.0685. The summed E-state index contributed by atoms with van der Waals surface area (Å²) >= 11 is 0. The summed E-state index contributed by atoms with van der Waals surface area (Å²) in [6.45, 7) is 15.8. The average molecular weight is 315 g/mol. The van der Waals surface area contributed by atoms with Crippen LogP contribution in [0.5, 0.6) is 0 Å². The van der Waals surface area contributed by atoms with E-state index in [-0.39, 0.29) is 35.5 Å². The fourth-order valence-corrected chi connectivity index (χ4v) is 1.97. The van der Waals surface area contributed by atoms with Crippen molar-refractivity contribution in [2.45, 2.75) is 80.3 Å². The number of hydrogen-bond acceptors (Lipinski definition) is 4. The van der Waals surface area contributed by atoms with Crippen LogP contribution in [-0.4, -0.2) is 23.7 Å². The van der Waals surface area contributed by atoms with Crippen LogP contribution in [0.25, 0.3) is 0 Å². The van der Waals surface area contributed by atoms with Gasteiger partial charge in [-0.15, -0.1) is 0 Å². The van der Waals surface area contributed by atoms with Crippen molar-refractivity contribution >= 4 is 11.6 Å². The molecule has 22 heavy (non-hydrogen) atoms. The summed E-state index contributed by atoms with van der Waals surface area (Å²) in [4.78, 5) is 22.6. The lowest BCUT2D eigenvalue weighted by molar-refractivity contribution is -0.124. The summed E-state index contributed by atoms with van der Waals surface area (Å²) in [5.41, 5.74) is 11.4. The molecular formula is C18H38N2O2. The summed E-state index contributed by atoms with van der Waals surface area (Å²) in [5, 5.41) is 0. The molecule has 132 valence electrons. The van der Waals surface area contributed by atoms with E-state index in [0.717, 1.165) is 12.8 Å². The van der Waals surface area contributed by atoms with Crippen molar-refractivity contribution in [1.29, 1.82) is 0 Å². The SMILES string of the molecule is CC(C)C[C@H](N)C(=O)C(C)C.CCC(C)[C@H](N)C(=O)C(C)C. The fourth-order valence-electron chi connectivity index (χ4n) is 1.97. The maximum Gasteiger partial charge on any atom is 0.152 e. The van der Waals surface area contributed by atoms with Gasteiger partial charge in [-0.2, -0.15) is 0 Å². The first-order valence-corrected chi connectivity index (χ1v) is 8.54. The van der Waals surface area contributed by atoms with Crippen LogP contribution in [0.15, 0.2) is 0 Å². The maximum absolute atomic E-state index is 11.3. The van der Waals surface area contributed by atoms with Gasteiger partial charge < -0.3 is 11.5 Å². The van der Waals surface area contributed by atoms with Crippen LogP contribution in [0, 0.1) is 23.7 Å². The van der Waals surface area contributed by atoms with E-state index in [1.54, 1.807) is 0 Å². The Labute approximate surface area is 137 Å². The number of ketones is 2. The number of carbonyl (C=O) groups is 2. The Morgan fingerprint density at radius 2 is 1.23 bits per heavy atom. The second-order valence-corrected chi connectivity index (χ2v) is 7.26. The number of nitrogens with two attached hydrogens (primary N) is 2. The third-order valence-electron chi connectivity index (χ3n) is 3.81. The smallest absolute Gasteiger partial charge is 0.152 e. The molecule has 0 bridgehead atoms. The Bertz CT molecular complexity index is 325. The van der Waals surface area contributed by atoms with E-state index in [4.69, 9.17) is 11.5 Å². The molecule has 0 fully saturated rings. The van der Waals surface area contributed by atoms with Crippen LogP contribution in [0.1, 0.15) is 68.2 Å². The van der Waals surface area contributed by atoms with Crippen LogP contribution >= 0.6 is 0 Å². The Morgan fingerprint density at radius 3 is 1.50 bits per heavy atom. The zero-order valence-corrected chi connectivity index (χ0v) is 15.8. The standard InChI is InChI=1S/2C9H19NO/c1-6(2)5-8(10)9(11)7(3)4;1-5-7(4)8(10)9(11)6(2)3/h2*6-8H,5,10H2,1-4H3/t8-;7?,8-/m00/s1. The molecule has 0 saturated heterocycles. The Kier molecular flexibility index (Phi) is 12.6. The lowest BCUT2D eigenvalue weighted by Crippen LogP contribution is -2.39. The van der Waals surface area contributed by atoms with E-state index < -0.39 is 0 Å². The summed E-state index contributed by atoms with van der Waals surface area (Å²) in [6.07, 6.45) is 1.77. The van der Waals surface area contributed by atoms with Gasteiger partial charge in [0.05, 0.1) is 12.1 Å². The second-order valence-electron chi connectivity index (χ2n) is 7.26. The fraction of sp³-hybridized carbons (Fsp3) is 0.889. The molecule has 0 aliphatic carbocycles. The highest BCUT2D eigenvalue weighted by Crippen LogP contribution is 2.10. The molecule has 0 aromatic heterocycles. The predicted molar refractivity (Wildman–Crippen MR) is 94.6 cm³/mol. The lowest BCUT2D eigenvalue weighted by atomic mass is 9.91. The molecule has 4 heteroatoms. The predicted octanol–water partition coefficient (Wildman–Crippen LogP) is 3.17. The molecule has 4 N–H and O–H groups in total. The first-order valence-electron chi connectivity index (χ1n) is 8.54. The molecule has 0 rings (SSSR count). The van der Waals surface area contributed by atoms with E-state index in [9.17, 15) is 9.59 Å². The van der Waals surface area contributed by atoms with Crippen LogP contribution < -0.4 is 11.5 Å². The van der Waals surface area contributed by atoms with Crippen molar-refractivity contribution in [2.24, 2.45) is 35.1 Å². The summed E-state index contributed by atoms with van der Waals surface area (Å²) in [5.74, 6) is 1.32. The van der Waals surface area contributed by atoms with E-state index in [2.05, 4.69) is 20.8 Å². The third kappa shape index (κ3) is 10.1. The van der Waals surface area contributed by atoms with Gasteiger partial charge in [-0.1, -0.05) is 61.8 Å². The molecule has 0 aromatic carbocycles. The Balaban J connectivity index is 0. The molecule has 1 unspecified atom stereocenters. The number of carbonyl (C=O) groups excluding carboxylic acids is 2. The van der Waals surface area contributed by atoms with Crippen molar-refractivity contribution in [3.05, 3.63) is 0 Å². The largest absolute Gasteiger partial charge is 0.321 e. The molecule has 3 atom stereocenters. The molecule has 0 spiro atoms. The third-order valence-corrected chi connectivity index (χ3v) is 3.81. The first-order chi connectivity index (χ1) is 9.95. The van der Waals surface area contributed by atoms with E-state index in [1.165, 1.54) is 0 Å². The highest BCUT2D eigenvalue weighted by Gasteiger charge is 2.21. The summed E-state index contributed by atoms with van der Waals surface area (Å²) < 4.78 is 0. The van der Waals surface area contributed by atoms with Gasteiger partial charge in [0.25, 0.3) is 0 Å². The molecule has 0 aromatic rings. The van der Waals surface area contributed by atoms with Gasteiger partial charge in [0.1, 0.15) is 0 Å². The van der Waals surface area contributed by atoms with Crippen LogP contribution in [0.4, 0.5) is 0 Å². The molecular weight excluding hydrogens is 276 g/mol. The van der Waals surface area contributed by atoms with Crippen LogP contribution in [0.3, 0.4) is 0 Å². The molecule has 4 nitrogen and oxygen atoms in total. The van der Waals surface area contributed by atoms with Crippen LogP contribution in [0.2, 0.25) is 0 Å². The first kappa shape index (κ1) is 23.5. The van der Waals surface area contributed by atoms with Gasteiger partial charge in [0, 0.05) is 11.8 Å². The van der Waals surface area contributed by atoms with Gasteiger partial charge >= 0.3 is 0 Å². The quantitative estimate of drug-likeness (QED) is 0.720. The molecule has 0 heterocycles. The summed E-state index contributed by atoms with van der Waals surface area (Å²) in [6, 6.07) is -0.519. The molecule has 0 saturated carbocycles. The van der Waals surface area contributed by atoms with Crippen LogP contribution in [-0.2, 0) is 9.59 Å². The van der Waals surface area contributed by atoms with Gasteiger partial charge in [-0.25, -0.2) is 0 Å². The number of Topliss-reactive ketones (excluding diaryl/α,β-unsaturated/α-hetero) is 2. The Morgan fingerprint density at radius 1 is 0.818 bits per heavy atom. The topological polar surface area (TPSA) is 86.2 Å². The van der Waals surface area contributed by atoms with Gasteiger partial charge in [-0.3, -0.25) is 9.59 Å². The van der Waals surface area contributed by atoms with Crippen molar-refractivity contribution in [2.75, 3.05) is 0 Å². The number of hydrogen-bond donors (Lipinski definition) is 2. The summed E-state index contributed by atoms with van der Waals surface area (Å²) in [7, 11) is 0. The molecule has 0 aliphatic heterocycles. The molecule has 0 radical (unpaired) electrons. The van der Waals surface area contributed by atoms with Gasteiger partial charge in [-0.05, 0) is 18.3 Å². The normalized spacial score (nSPS) is 15.3. The van der Waals surface area contributed by atoms with Crippen molar-refractivity contribution < 1.29 is 9.59 Å². The van der Waals surface area contributed by atoms with E-state index >= 15 is 0 Å². The zero-order chi connectivity index (χ0) is 18.0. The van der Waals surface area contributed by atoms with Crippen molar-refractivity contribution in [1.82, 2.24) is 0 Å². The minimum Gasteiger partial charge on any atom is -0.321 e. The van der Waals surface area contributed by atoms with Gasteiger partial charge in [0.15, 0.2) is 11.6 Å². The van der Waals surface area contributed by atoms with Gasteiger partial charge in [0.2, 0.25) is 0 Å². The average Bonchev–Trinajstić information content (AvgIpc) is 2.43. The minimum atomic E-state index is -0.264. The maximum atomic E-state index is 11.3. The zero-order valence-electron chi connectivity index (χ0n) is 15.8. The van der Waals surface area contributed by atoms with Crippen molar-refractivity contribution in [3.63, 3.8) is 0 Å². The highest BCUT2D eigenvalue weighted by molar-refractivity contribution is 5.86.